The lowest BCUT2D eigenvalue weighted by Crippen LogP contribution is -2.62. The molecule has 1 aliphatic carbocycles. The molecule has 0 amide bonds. The van der Waals surface area contributed by atoms with E-state index in [0.29, 0.717) is 11.6 Å². The molecule has 1 atom stereocenters. The molecule has 2 aliphatic rings. The first kappa shape index (κ1) is 14.1. The van der Waals surface area contributed by atoms with Crippen LogP contribution in [0.2, 0.25) is 0 Å². The van der Waals surface area contributed by atoms with Crippen LogP contribution < -0.4 is 5.32 Å². The van der Waals surface area contributed by atoms with Crippen LogP contribution in [0.3, 0.4) is 0 Å². The Balaban J connectivity index is 1.74. The number of hydrogen-bond donors (Lipinski definition) is 1. The van der Waals surface area contributed by atoms with Crippen LogP contribution in [0.15, 0.2) is 24.3 Å². The van der Waals surface area contributed by atoms with Gasteiger partial charge in [0.1, 0.15) is 0 Å². The van der Waals surface area contributed by atoms with E-state index in [-0.39, 0.29) is 0 Å². The van der Waals surface area contributed by atoms with E-state index in [1.165, 1.54) is 56.3 Å². The number of rotatable bonds is 3. The summed E-state index contributed by atoms with van der Waals surface area (Å²) in [6, 6.07) is 9.71. The first-order valence-electron chi connectivity index (χ1n) is 8.25. The SMILES string of the molecule is CCC1CNC2(CCCC2)CN1Cc1cccc(C)c1. The molecule has 0 bridgehead atoms. The van der Waals surface area contributed by atoms with Gasteiger partial charge in [-0.1, -0.05) is 49.6 Å². The molecular formula is C18H28N2. The maximum absolute atomic E-state index is 3.88. The van der Waals surface area contributed by atoms with E-state index in [1.807, 2.05) is 0 Å². The van der Waals surface area contributed by atoms with Crippen molar-refractivity contribution in [1.29, 1.82) is 0 Å². The maximum Gasteiger partial charge on any atom is 0.0309 e. The Hall–Kier alpha value is -0.860. The number of nitrogens with zero attached hydrogens (tertiary/aromatic N) is 1. The zero-order chi connectivity index (χ0) is 14.0. The van der Waals surface area contributed by atoms with E-state index in [1.54, 1.807) is 0 Å². The molecule has 2 nitrogen and oxygen atoms in total. The summed E-state index contributed by atoms with van der Waals surface area (Å²) in [7, 11) is 0. The average Bonchev–Trinajstić information content (AvgIpc) is 2.87. The number of hydrogen-bond acceptors (Lipinski definition) is 2. The van der Waals surface area contributed by atoms with E-state index in [0.717, 1.165) is 6.54 Å². The zero-order valence-corrected chi connectivity index (χ0v) is 13.0. The van der Waals surface area contributed by atoms with Crippen molar-refractivity contribution in [2.45, 2.75) is 64.1 Å². The second-order valence-corrected chi connectivity index (χ2v) is 6.82. The molecule has 1 unspecified atom stereocenters. The standard InChI is InChI=1S/C18H28N2/c1-3-17-12-19-18(9-4-5-10-18)14-20(17)13-16-8-6-7-15(2)11-16/h6-8,11,17,19H,3-5,9-10,12-14H2,1-2H3. The highest BCUT2D eigenvalue weighted by atomic mass is 15.3. The first-order valence-corrected chi connectivity index (χ1v) is 8.25. The van der Waals surface area contributed by atoms with E-state index in [4.69, 9.17) is 0 Å². The Bertz CT molecular complexity index is 448. The van der Waals surface area contributed by atoms with Crippen LogP contribution in [0.25, 0.3) is 0 Å². The first-order chi connectivity index (χ1) is 9.71. The number of aryl methyl sites for hydroxylation is 1. The van der Waals surface area contributed by atoms with Gasteiger partial charge in [-0.05, 0) is 31.7 Å². The van der Waals surface area contributed by atoms with Crippen LogP contribution in [0.1, 0.15) is 50.2 Å². The molecule has 0 radical (unpaired) electrons. The van der Waals surface area contributed by atoms with E-state index < -0.39 is 0 Å². The highest BCUT2D eigenvalue weighted by Crippen LogP contribution is 2.34. The Morgan fingerprint density at radius 1 is 1.30 bits per heavy atom. The van der Waals surface area contributed by atoms with Gasteiger partial charge in [0.2, 0.25) is 0 Å². The second-order valence-electron chi connectivity index (χ2n) is 6.82. The van der Waals surface area contributed by atoms with Gasteiger partial charge in [0.15, 0.2) is 0 Å². The van der Waals surface area contributed by atoms with Gasteiger partial charge >= 0.3 is 0 Å². The second kappa shape index (κ2) is 5.87. The van der Waals surface area contributed by atoms with Crippen molar-refractivity contribution in [2.24, 2.45) is 0 Å². The lowest BCUT2D eigenvalue weighted by molar-refractivity contribution is 0.0718. The van der Waals surface area contributed by atoms with Crippen LogP contribution in [-0.4, -0.2) is 29.6 Å². The van der Waals surface area contributed by atoms with Crippen molar-refractivity contribution in [3.63, 3.8) is 0 Å². The molecular weight excluding hydrogens is 244 g/mol. The fourth-order valence-electron chi connectivity index (χ4n) is 4.06. The minimum absolute atomic E-state index is 0.426. The van der Waals surface area contributed by atoms with Gasteiger partial charge < -0.3 is 5.32 Å². The molecule has 1 spiro atoms. The third kappa shape index (κ3) is 2.91. The summed E-state index contributed by atoms with van der Waals surface area (Å²) in [5.74, 6) is 0. The molecule has 0 aromatic heterocycles. The number of nitrogens with one attached hydrogen (secondary N) is 1. The summed E-state index contributed by atoms with van der Waals surface area (Å²) >= 11 is 0. The van der Waals surface area contributed by atoms with Gasteiger partial charge in [0.25, 0.3) is 0 Å². The molecule has 1 N–H and O–H groups in total. The largest absolute Gasteiger partial charge is 0.308 e. The third-order valence-corrected chi connectivity index (χ3v) is 5.23. The molecule has 1 aliphatic heterocycles. The lowest BCUT2D eigenvalue weighted by atomic mass is 9.91. The Morgan fingerprint density at radius 3 is 2.80 bits per heavy atom. The molecule has 1 saturated carbocycles. The van der Waals surface area contributed by atoms with Gasteiger partial charge in [-0.25, -0.2) is 0 Å². The van der Waals surface area contributed by atoms with Gasteiger partial charge in [-0.15, -0.1) is 0 Å². The zero-order valence-electron chi connectivity index (χ0n) is 13.0. The predicted molar refractivity (Wildman–Crippen MR) is 84.9 cm³/mol. The predicted octanol–water partition coefficient (Wildman–Crippen LogP) is 3.49. The van der Waals surface area contributed by atoms with Crippen molar-refractivity contribution >= 4 is 0 Å². The Labute approximate surface area is 123 Å². The van der Waals surface area contributed by atoms with Crippen LogP contribution >= 0.6 is 0 Å². The fraction of sp³-hybridized carbons (Fsp3) is 0.667. The summed E-state index contributed by atoms with van der Waals surface area (Å²) in [6.45, 7) is 8.03. The number of benzene rings is 1. The van der Waals surface area contributed by atoms with Gasteiger partial charge in [0, 0.05) is 31.2 Å². The van der Waals surface area contributed by atoms with Crippen LogP contribution in [-0.2, 0) is 6.54 Å². The lowest BCUT2D eigenvalue weighted by Gasteiger charge is -2.46. The Morgan fingerprint density at radius 2 is 2.10 bits per heavy atom. The van der Waals surface area contributed by atoms with Crippen LogP contribution in [0.5, 0.6) is 0 Å². The summed E-state index contributed by atoms with van der Waals surface area (Å²) in [4.78, 5) is 2.73. The van der Waals surface area contributed by atoms with Crippen LogP contribution in [0.4, 0.5) is 0 Å². The van der Waals surface area contributed by atoms with Gasteiger partial charge in [0.05, 0.1) is 0 Å². The molecule has 110 valence electrons. The highest BCUT2D eigenvalue weighted by molar-refractivity contribution is 5.22. The summed E-state index contributed by atoms with van der Waals surface area (Å²) in [5, 5.41) is 3.88. The maximum atomic E-state index is 3.88. The normalized spacial score (nSPS) is 26.2. The van der Waals surface area contributed by atoms with Gasteiger partial charge in [-0.3, -0.25) is 4.90 Å². The summed E-state index contributed by atoms with van der Waals surface area (Å²) < 4.78 is 0. The molecule has 1 saturated heterocycles. The Kier molecular flexibility index (Phi) is 4.13. The smallest absolute Gasteiger partial charge is 0.0309 e. The fourth-order valence-corrected chi connectivity index (χ4v) is 4.06. The molecule has 3 rings (SSSR count). The van der Waals surface area contributed by atoms with Crippen LogP contribution in [0, 0.1) is 6.92 Å². The summed E-state index contributed by atoms with van der Waals surface area (Å²) in [5.41, 5.74) is 3.27. The van der Waals surface area contributed by atoms with Crippen molar-refractivity contribution < 1.29 is 0 Å². The minimum Gasteiger partial charge on any atom is -0.308 e. The molecule has 1 heterocycles. The quantitative estimate of drug-likeness (QED) is 0.906. The topological polar surface area (TPSA) is 15.3 Å². The average molecular weight is 272 g/mol. The van der Waals surface area contributed by atoms with E-state index in [2.05, 4.69) is 48.3 Å². The van der Waals surface area contributed by atoms with Crippen molar-refractivity contribution in [1.82, 2.24) is 10.2 Å². The third-order valence-electron chi connectivity index (χ3n) is 5.23. The van der Waals surface area contributed by atoms with Gasteiger partial charge in [-0.2, -0.15) is 0 Å². The number of piperazine rings is 1. The van der Waals surface area contributed by atoms with E-state index in [9.17, 15) is 0 Å². The van der Waals surface area contributed by atoms with Crippen molar-refractivity contribution in [3.05, 3.63) is 35.4 Å². The molecule has 1 aromatic rings. The molecule has 2 fully saturated rings. The van der Waals surface area contributed by atoms with Crippen molar-refractivity contribution in [2.75, 3.05) is 13.1 Å². The molecule has 2 heteroatoms. The van der Waals surface area contributed by atoms with E-state index >= 15 is 0 Å². The monoisotopic (exact) mass is 272 g/mol. The highest BCUT2D eigenvalue weighted by Gasteiger charge is 2.40. The molecule has 1 aromatic carbocycles. The minimum atomic E-state index is 0.426. The molecule has 20 heavy (non-hydrogen) atoms. The summed E-state index contributed by atoms with van der Waals surface area (Å²) in [6.07, 6.45) is 6.79. The van der Waals surface area contributed by atoms with Crippen molar-refractivity contribution in [3.8, 4) is 0 Å².